The second-order valence-electron chi connectivity index (χ2n) is 4.73. The zero-order chi connectivity index (χ0) is 13.5. The summed E-state index contributed by atoms with van der Waals surface area (Å²) in [4.78, 5) is 1.34. The summed E-state index contributed by atoms with van der Waals surface area (Å²) in [5, 5.41) is 15.6. The van der Waals surface area contributed by atoms with Gasteiger partial charge >= 0.3 is 0 Å². The molecule has 0 amide bonds. The molecule has 2 rings (SSSR count). The average Bonchev–Trinajstić information content (AvgIpc) is 2.95. The van der Waals surface area contributed by atoms with Gasteiger partial charge in [0, 0.05) is 17.5 Å². The third-order valence-corrected chi connectivity index (χ3v) is 4.19. The lowest BCUT2D eigenvalue weighted by atomic mass is 10.1. The molecule has 1 heterocycles. The number of nitrogens with one attached hydrogen (secondary N) is 1. The molecule has 0 saturated carbocycles. The van der Waals surface area contributed by atoms with Crippen LogP contribution in [0.5, 0.6) is 0 Å². The van der Waals surface area contributed by atoms with Gasteiger partial charge in [-0.25, -0.2) is 0 Å². The number of aliphatic hydroxyl groups excluding tert-OH is 1. The topological polar surface area (TPSA) is 32.3 Å². The SMILES string of the molecule is CCC(NCC(O)Cc1ccccc1)c1cccs1. The summed E-state index contributed by atoms with van der Waals surface area (Å²) in [5.74, 6) is 0. The zero-order valence-corrected chi connectivity index (χ0v) is 12.1. The summed E-state index contributed by atoms with van der Waals surface area (Å²) in [5.41, 5.74) is 1.18. The Morgan fingerprint density at radius 3 is 2.58 bits per heavy atom. The normalized spacial score (nSPS) is 14.2. The molecule has 3 heteroatoms. The van der Waals surface area contributed by atoms with Gasteiger partial charge in [0.25, 0.3) is 0 Å². The van der Waals surface area contributed by atoms with E-state index in [4.69, 9.17) is 0 Å². The summed E-state index contributed by atoms with van der Waals surface area (Å²) < 4.78 is 0. The third kappa shape index (κ3) is 4.46. The molecule has 19 heavy (non-hydrogen) atoms. The first kappa shape index (κ1) is 14.3. The van der Waals surface area contributed by atoms with Crippen molar-refractivity contribution in [1.82, 2.24) is 5.32 Å². The van der Waals surface area contributed by atoms with Crippen LogP contribution in [0.25, 0.3) is 0 Å². The highest BCUT2D eigenvalue weighted by Gasteiger charge is 2.12. The maximum Gasteiger partial charge on any atom is 0.0705 e. The van der Waals surface area contributed by atoms with E-state index in [1.165, 1.54) is 10.4 Å². The van der Waals surface area contributed by atoms with Crippen LogP contribution in [0.15, 0.2) is 47.8 Å². The van der Waals surface area contributed by atoms with Crippen LogP contribution in [0.4, 0.5) is 0 Å². The smallest absolute Gasteiger partial charge is 0.0705 e. The number of aliphatic hydroxyl groups is 1. The molecule has 2 aromatic rings. The minimum absolute atomic E-state index is 0.337. The van der Waals surface area contributed by atoms with Crippen LogP contribution in [0.1, 0.15) is 29.8 Å². The summed E-state index contributed by atoms with van der Waals surface area (Å²) in [7, 11) is 0. The maximum atomic E-state index is 10.1. The van der Waals surface area contributed by atoms with E-state index in [0.29, 0.717) is 19.0 Å². The van der Waals surface area contributed by atoms with Gasteiger partial charge in [0.05, 0.1) is 6.10 Å². The van der Waals surface area contributed by atoms with Gasteiger partial charge in [-0.15, -0.1) is 11.3 Å². The van der Waals surface area contributed by atoms with Crippen molar-refractivity contribution in [2.45, 2.75) is 31.9 Å². The first-order valence-corrected chi connectivity index (χ1v) is 7.66. The van der Waals surface area contributed by atoms with Crippen LogP contribution >= 0.6 is 11.3 Å². The summed E-state index contributed by atoms with van der Waals surface area (Å²) in [6.45, 7) is 2.80. The zero-order valence-electron chi connectivity index (χ0n) is 11.3. The Bertz CT molecular complexity index is 455. The fourth-order valence-electron chi connectivity index (χ4n) is 2.17. The third-order valence-electron chi connectivity index (χ3n) is 3.21. The molecule has 0 spiro atoms. The average molecular weight is 275 g/mol. The van der Waals surface area contributed by atoms with E-state index in [1.54, 1.807) is 11.3 Å². The molecule has 2 nitrogen and oxygen atoms in total. The molecule has 0 bridgehead atoms. The lowest BCUT2D eigenvalue weighted by Crippen LogP contribution is -2.31. The lowest BCUT2D eigenvalue weighted by Gasteiger charge is -2.18. The Morgan fingerprint density at radius 1 is 1.16 bits per heavy atom. The Hall–Kier alpha value is -1.16. The van der Waals surface area contributed by atoms with E-state index < -0.39 is 0 Å². The Balaban J connectivity index is 1.81. The van der Waals surface area contributed by atoms with Crippen molar-refractivity contribution < 1.29 is 5.11 Å². The highest BCUT2D eigenvalue weighted by atomic mass is 32.1. The molecule has 2 unspecified atom stereocenters. The molecule has 0 aliphatic rings. The van der Waals surface area contributed by atoms with Crippen LogP contribution in [-0.2, 0) is 6.42 Å². The molecule has 1 aromatic heterocycles. The molecule has 2 atom stereocenters. The van der Waals surface area contributed by atoms with Gasteiger partial charge in [0.15, 0.2) is 0 Å². The van der Waals surface area contributed by atoms with Crippen LogP contribution in [-0.4, -0.2) is 17.8 Å². The van der Waals surface area contributed by atoms with Gasteiger partial charge in [-0.05, 0) is 29.9 Å². The molecule has 0 saturated heterocycles. The van der Waals surface area contributed by atoms with Gasteiger partial charge in [-0.1, -0.05) is 43.3 Å². The standard InChI is InChI=1S/C16H21NOS/c1-2-15(16-9-6-10-19-16)17-12-14(18)11-13-7-4-3-5-8-13/h3-10,14-15,17-18H,2,11-12H2,1H3. The Labute approximate surface area is 119 Å². The highest BCUT2D eigenvalue weighted by molar-refractivity contribution is 7.10. The minimum Gasteiger partial charge on any atom is -0.391 e. The van der Waals surface area contributed by atoms with Crippen molar-refractivity contribution in [3.05, 3.63) is 58.3 Å². The Morgan fingerprint density at radius 2 is 1.95 bits per heavy atom. The first-order valence-electron chi connectivity index (χ1n) is 6.78. The predicted octanol–water partition coefficient (Wildman–Crippen LogP) is 3.39. The van der Waals surface area contributed by atoms with E-state index in [2.05, 4.69) is 41.9 Å². The maximum absolute atomic E-state index is 10.1. The van der Waals surface area contributed by atoms with Gasteiger partial charge in [0.1, 0.15) is 0 Å². The number of hydrogen-bond donors (Lipinski definition) is 2. The number of thiophene rings is 1. The number of hydrogen-bond acceptors (Lipinski definition) is 3. The quantitative estimate of drug-likeness (QED) is 0.812. The molecule has 2 N–H and O–H groups in total. The van der Waals surface area contributed by atoms with Crippen molar-refractivity contribution >= 4 is 11.3 Å². The molecule has 0 fully saturated rings. The number of benzene rings is 1. The Kier molecular flexibility index (Phi) is 5.58. The second kappa shape index (κ2) is 7.43. The molecule has 0 radical (unpaired) electrons. The van der Waals surface area contributed by atoms with Crippen molar-refractivity contribution in [1.29, 1.82) is 0 Å². The predicted molar refractivity (Wildman–Crippen MR) is 81.5 cm³/mol. The molecule has 0 aliphatic carbocycles. The van der Waals surface area contributed by atoms with E-state index >= 15 is 0 Å². The van der Waals surface area contributed by atoms with E-state index in [1.807, 2.05) is 18.2 Å². The van der Waals surface area contributed by atoms with Gasteiger partial charge < -0.3 is 10.4 Å². The lowest BCUT2D eigenvalue weighted by molar-refractivity contribution is 0.167. The molecular weight excluding hydrogens is 254 g/mol. The van der Waals surface area contributed by atoms with Gasteiger partial charge in [-0.2, -0.15) is 0 Å². The van der Waals surface area contributed by atoms with Crippen molar-refractivity contribution in [2.75, 3.05) is 6.54 Å². The van der Waals surface area contributed by atoms with Crippen molar-refractivity contribution in [3.63, 3.8) is 0 Å². The molecular formula is C16H21NOS. The highest BCUT2D eigenvalue weighted by Crippen LogP contribution is 2.21. The largest absolute Gasteiger partial charge is 0.391 e. The summed E-state index contributed by atoms with van der Waals surface area (Å²) in [6, 6.07) is 14.7. The monoisotopic (exact) mass is 275 g/mol. The minimum atomic E-state index is -0.337. The molecule has 1 aromatic carbocycles. The first-order chi connectivity index (χ1) is 9.29. The van der Waals surface area contributed by atoms with Crippen molar-refractivity contribution in [2.24, 2.45) is 0 Å². The number of rotatable bonds is 7. The van der Waals surface area contributed by atoms with E-state index in [-0.39, 0.29) is 6.10 Å². The van der Waals surface area contributed by atoms with E-state index in [0.717, 1.165) is 6.42 Å². The molecule has 0 aliphatic heterocycles. The fourth-order valence-corrected chi connectivity index (χ4v) is 3.06. The van der Waals surface area contributed by atoms with Crippen molar-refractivity contribution in [3.8, 4) is 0 Å². The second-order valence-corrected chi connectivity index (χ2v) is 5.71. The van der Waals surface area contributed by atoms with Crippen LogP contribution < -0.4 is 5.32 Å². The van der Waals surface area contributed by atoms with Crippen LogP contribution in [0.2, 0.25) is 0 Å². The molecule has 102 valence electrons. The summed E-state index contributed by atoms with van der Waals surface area (Å²) >= 11 is 1.77. The van der Waals surface area contributed by atoms with Gasteiger partial charge in [-0.3, -0.25) is 0 Å². The van der Waals surface area contributed by atoms with Gasteiger partial charge in [0.2, 0.25) is 0 Å². The fraction of sp³-hybridized carbons (Fsp3) is 0.375. The summed E-state index contributed by atoms with van der Waals surface area (Å²) in [6.07, 6.45) is 1.41. The van der Waals surface area contributed by atoms with E-state index in [9.17, 15) is 5.11 Å². The van der Waals surface area contributed by atoms with Crippen LogP contribution in [0.3, 0.4) is 0 Å². The van der Waals surface area contributed by atoms with Crippen LogP contribution in [0, 0.1) is 0 Å².